The fourth-order valence-electron chi connectivity index (χ4n) is 2.87. The SMILES string of the molecule is OC(c1ccccc1)C12CC(C1)C2. The Balaban J connectivity index is 1.85. The van der Waals surface area contributed by atoms with E-state index >= 15 is 0 Å². The molecule has 1 heteroatoms. The summed E-state index contributed by atoms with van der Waals surface area (Å²) >= 11 is 0. The molecule has 0 heterocycles. The molecule has 0 aromatic heterocycles. The van der Waals surface area contributed by atoms with Gasteiger partial charge in [0, 0.05) is 5.41 Å². The molecule has 0 radical (unpaired) electrons. The average molecular weight is 174 g/mol. The molecule has 0 amide bonds. The molecule has 1 aromatic rings. The summed E-state index contributed by atoms with van der Waals surface area (Å²) < 4.78 is 0. The van der Waals surface area contributed by atoms with Crippen LogP contribution >= 0.6 is 0 Å². The van der Waals surface area contributed by atoms with Crippen molar-refractivity contribution in [3.05, 3.63) is 35.9 Å². The molecular weight excluding hydrogens is 160 g/mol. The maximum absolute atomic E-state index is 10.1. The monoisotopic (exact) mass is 174 g/mol. The van der Waals surface area contributed by atoms with Gasteiger partial charge < -0.3 is 5.11 Å². The number of benzene rings is 1. The van der Waals surface area contributed by atoms with Gasteiger partial charge >= 0.3 is 0 Å². The van der Waals surface area contributed by atoms with Crippen molar-refractivity contribution in [2.45, 2.75) is 25.4 Å². The minimum atomic E-state index is -0.210. The van der Waals surface area contributed by atoms with E-state index < -0.39 is 0 Å². The zero-order valence-corrected chi connectivity index (χ0v) is 7.61. The molecular formula is C12H14O. The molecule has 2 bridgehead atoms. The molecule has 1 N–H and O–H groups in total. The van der Waals surface area contributed by atoms with E-state index in [4.69, 9.17) is 0 Å². The molecule has 13 heavy (non-hydrogen) atoms. The van der Waals surface area contributed by atoms with Crippen molar-refractivity contribution >= 4 is 0 Å². The molecule has 1 atom stereocenters. The smallest absolute Gasteiger partial charge is 0.0846 e. The molecule has 4 rings (SSSR count). The molecule has 1 aromatic carbocycles. The van der Waals surface area contributed by atoms with E-state index in [1.807, 2.05) is 30.3 Å². The highest BCUT2D eigenvalue weighted by Gasteiger charge is 2.60. The van der Waals surface area contributed by atoms with Gasteiger partial charge in [0.15, 0.2) is 0 Å². The van der Waals surface area contributed by atoms with Gasteiger partial charge in [0.1, 0.15) is 0 Å². The number of aliphatic hydroxyl groups excluding tert-OH is 1. The predicted octanol–water partition coefficient (Wildman–Crippen LogP) is 2.52. The first-order valence-corrected chi connectivity index (χ1v) is 5.03. The van der Waals surface area contributed by atoms with E-state index in [0.717, 1.165) is 11.5 Å². The molecule has 0 saturated heterocycles. The van der Waals surface area contributed by atoms with Crippen LogP contribution < -0.4 is 0 Å². The summed E-state index contributed by atoms with van der Waals surface area (Å²) in [4.78, 5) is 0. The van der Waals surface area contributed by atoms with Crippen LogP contribution in [0.25, 0.3) is 0 Å². The number of aliphatic hydroxyl groups is 1. The Morgan fingerprint density at radius 1 is 1.15 bits per heavy atom. The van der Waals surface area contributed by atoms with E-state index in [0.29, 0.717) is 0 Å². The Hall–Kier alpha value is -0.820. The molecule has 68 valence electrons. The molecule has 0 spiro atoms. The molecule has 3 saturated carbocycles. The zero-order valence-electron chi connectivity index (χ0n) is 7.61. The predicted molar refractivity (Wildman–Crippen MR) is 51.2 cm³/mol. The van der Waals surface area contributed by atoms with Gasteiger partial charge in [-0.25, -0.2) is 0 Å². The Kier molecular flexibility index (Phi) is 1.37. The summed E-state index contributed by atoms with van der Waals surface area (Å²) in [5.41, 5.74) is 1.38. The highest BCUT2D eigenvalue weighted by Crippen LogP contribution is 2.69. The normalized spacial score (nSPS) is 37.5. The van der Waals surface area contributed by atoms with Crippen molar-refractivity contribution in [2.24, 2.45) is 11.3 Å². The lowest BCUT2D eigenvalue weighted by atomic mass is 9.42. The maximum atomic E-state index is 10.1. The summed E-state index contributed by atoms with van der Waals surface area (Å²) in [6, 6.07) is 10.1. The minimum Gasteiger partial charge on any atom is -0.388 e. The first-order valence-electron chi connectivity index (χ1n) is 5.03. The Morgan fingerprint density at radius 2 is 1.77 bits per heavy atom. The fraction of sp³-hybridized carbons (Fsp3) is 0.500. The lowest BCUT2D eigenvalue weighted by Crippen LogP contribution is -2.55. The van der Waals surface area contributed by atoms with Gasteiger partial charge in [-0.3, -0.25) is 0 Å². The molecule has 3 aliphatic carbocycles. The Labute approximate surface area is 78.4 Å². The van der Waals surface area contributed by atoms with Crippen LogP contribution in [0.3, 0.4) is 0 Å². The highest BCUT2D eigenvalue weighted by molar-refractivity contribution is 5.24. The summed E-state index contributed by atoms with van der Waals surface area (Å²) in [6.07, 6.45) is 3.55. The van der Waals surface area contributed by atoms with E-state index in [1.54, 1.807) is 0 Å². The minimum absolute atomic E-state index is 0.210. The lowest BCUT2D eigenvalue weighted by molar-refractivity contribution is -0.185. The standard InChI is InChI=1S/C12H14O/c13-11(10-4-2-1-3-5-10)12-6-9(7-12)8-12/h1-5,9,11,13H,6-8H2. The van der Waals surface area contributed by atoms with Gasteiger partial charge in [-0.15, -0.1) is 0 Å². The Bertz CT molecular complexity index is 300. The maximum Gasteiger partial charge on any atom is 0.0846 e. The average Bonchev–Trinajstić information content (AvgIpc) is 2.00. The van der Waals surface area contributed by atoms with E-state index in [9.17, 15) is 5.11 Å². The summed E-state index contributed by atoms with van der Waals surface area (Å²) in [5.74, 6) is 0.943. The van der Waals surface area contributed by atoms with Gasteiger partial charge in [-0.1, -0.05) is 30.3 Å². The van der Waals surface area contributed by atoms with Gasteiger partial charge in [-0.05, 0) is 30.7 Å². The summed E-state index contributed by atoms with van der Waals surface area (Å²) in [5, 5.41) is 10.1. The third kappa shape index (κ3) is 0.910. The van der Waals surface area contributed by atoms with Crippen molar-refractivity contribution in [3.63, 3.8) is 0 Å². The second-order valence-electron chi connectivity index (χ2n) is 4.65. The molecule has 1 unspecified atom stereocenters. The molecule has 0 aliphatic heterocycles. The zero-order chi connectivity index (χ0) is 8.89. The molecule has 3 aliphatic rings. The van der Waals surface area contributed by atoms with Crippen molar-refractivity contribution in [3.8, 4) is 0 Å². The van der Waals surface area contributed by atoms with Crippen molar-refractivity contribution < 1.29 is 5.11 Å². The first kappa shape index (κ1) is 7.57. The molecule has 1 nitrogen and oxygen atoms in total. The number of hydrogen-bond acceptors (Lipinski definition) is 1. The number of hydrogen-bond donors (Lipinski definition) is 1. The van der Waals surface area contributed by atoms with Crippen LogP contribution in [0.2, 0.25) is 0 Å². The third-order valence-corrected chi connectivity index (χ3v) is 3.78. The second-order valence-corrected chi connectivity index (χ2v) is 4.65. The van der Waals surface area contributed by atoms with Crippen LogP contribution in [-0.4, -0.2) is 5.11 Å². The fourth-order valence-corrected chi connectivity index (χ4v) is 2.87. The van der Waals surface area contributed by atoms with E-state index in [2.05, 4.69) is 0 Å². The lowest BCUT2D eigenvalue weighted by Gasteiger charge is -2.64. The Morgan fingerprint density at radius 3 is 2.23 bits per heavy atom. The van der Waals surface area contributed by atoms with Crippen LogP contribution in [0.5, 0.6) is 0 Å². The van der Waals surface area contributed by atoms with Gasteiger partial charge in [-0.2, -0.15) is 0 Å². The van der Waals surface area contributed by atoms with Gasteiger partial charge in [0.25, 0.3) is 0 Å². The van der Waals surface area contributed by atoms with Crippen LogP contribution in [-0.2, 0) is 0 Å². The largest absolute Gasteiger partial charge is 0.388 e. The van der Waals surface area contributed by atoms with Gasteiger partial charge in [0.2, 0.25) is 0 Å². The summed E-state index contributed by atoms with van der Waals surface area (Å²) in [7, 11) is 0. The van der Waals surface area contributed by atoms with Gasteiger partial charge in [0.05, 0.1) is 6.10 Å². The first-order chi connectivity index (χ1) is 6.30. The van der Waals surface area contributed by atoms with Crippen molar-refractivity contribution in [2.75, 3.05) is 0 Å². The highest BCUT2D eigenvalue weighted by atomic mass is 16.3. The van der Waals surface area contributed by atoms with Crippen LogP contribution in [0.15, 0.2) is 30.3 Å². The topological polar surface area (TPSA) is 20.2 Å². The van der Waals surface area contributed by atoms with Crippen LogP contribution in [0.1, 0.15) is 30.9 Å². The van der Waals surface area contributed by atoms with Crippen molar-refractivity contribution in [1.82, 2.24) is 0 Å². The molecule has 3 fully saturated rings. The van der Waals surface area contributed by atoms with E-state index in [1.165, 1.54) is 19.3 Å². The van der Waals surface area contributed by atoms with Crippen LogP contribution in [0.4, 0.5) is 0 Å². The second kappa shape index (κ2) is 2.36. The van der Waals surface area contributed by atoms with E-state index in [-0.39, 0.29) is 11.5 Å². The number of rotatable bonds is 2. The van der Waals surface area contributed by atoms with Crippen molar-refractivity contribution in [1.29, 1.82) is 0 Å². The third-order valence-electron chi connectivity index (χ3n) is 3.78. The summed E-state index contributed by atoms with van der Waals surface area (Å²) in [6.45, 7) is 0. The quantitative estimate of drug-likeness (QED) is 0.730. The van der Waals surface area contributed by atoms with Crippen LogP contribution in [0, 0.1) is 11.3 Å².